The maximum Gasteiger partial charge on any atom is 0.539 e. The first kappa shape index (κ1) is 35.8. The Labute approximate surface area is 283 Å². The highest BCUT2D eigenvalue weighted by atomic mass is 31.2. The zero-order chi connectivity index (χ0) is 34.5. The van der Waals surface area contributed by atoms with Gasteiger partial charge in [-0.2, -0.15) is 0 Å². The van der Waals surface area contributed by atoms with E-state index in [2.05, 4.69) is 187 Å². The van der Waals surface area contributed by atoms with Gasteiger partial charge in [-0.3, -0.25) is 0 Å². The van der Waals surface area contributed by atoms with E-state index in [1.165, 1.54) is 11.1 Å². The Balaban J connectivity index is 1.88. The maximum atomic E-state index is 6.53. The molecule has 4 heteroatoms. The molecule has 47 heavy (non-hydrogen) atoms. The Morgan fingerprint density at radius 1 is 0.574 bits per heavy atom. The molecule has 3 rings (SSSR count). The minimum Gasteiger partial charge on any atom is -0.408 e. The van der Waals surface area contributed by atoms with E-state index in [-0.39, 0.29) is 16.2 Å². The second kappa shape index (κ2) is 16.0. The molecule has 0 aromatic heterocycles. The molecule has 0 bridgehead atoms. The van der Waals surface area contributed by atoms with Crippen LogP contribution in [0.1, 0.15) is 90.1 Å². The van der Waals surface area contributed by atoms with Gasteiger partial charge >= 0.3 is 8.60 Å². The minimum atomic E-state index is -1.92. The highest BCUT2D eigenvalue weighted by molar-refractivity contribution is 7.42. The largest absolute Gasteiger partial charge is 0.539 e. The van der Waals surface area contributed by atoms with Crippen LogP contribution < -0.4 is 9.05 Å². The van der Waals surface area contributed by atoms with Gasteiger partial charge in [0.2, 0.25) is 0 Å². The number of fused-ring (bicyclic) bond motifs is 2. The Kier molecular flexibility index (Phi) is 12.2. The summed E-state index contributed by atoms with van der Waals surface area (Å²) in [6.07, 6.45) is 8.28. The van der Waals surface area contributed by atoms with Crippen molar-refractivity contribution < 1.29 is 13.6 Å². The third-order valence-electron chi connectivity index (χ3n) is 6.60. The molecule has 0 N–H and O–H groups in total. The molecule has 0 amide bonds. The molecule has 230 valence electrons. The maximum absolute atomic E-state index is 6.53. The molecule has 0 spiro atoms. The van der Waals surface area contributed by atoms with Crippen molar-refractivity contribution in [1.29, 1.82) is 0 Å². The molecule has 0 radical (unpaired) electrons. The van der Waals surface area contributed by atoms with Crippen molar-refractivity contribution in [3.05, 3.63) is 58.1 Å². The van der Waals surface area contributed by atoms with Gasteiger partial charge in [-0.15, -0.1) is 6.42 Å². The van der Waals surface area contributed by atoms with Crippen molar-refractivity contribution in [2.75, 3.05) is 0 Å². The molecule has 1 atom stereocenters. The molecule has 1 aliphatic heterocycles. The molecular weight excluding hydrogens is 595 g/mol. The van der Waals surface area contributed by atoms with Crippen LogP contribution in [-0.2, 0) is 27.2 Å². The number of benzene rings is 2. The van der Waals surface area contributed by atoms with Crippen LogP contribution in [0, 0.1) is 107 Å². The Morgan fingerprint density at radius 3 is 1.55 bits per heavy atom. The fourth-order valence-corrected chi connectivity index (χ4v) is 5.07. The first-order chi connectivity index (χ1) is 22.2. The molecule has 0 aliphatic carbocycles. The van der Waals surface area contributed by atoms with Crippen molar-refractivity contribution in [3.8, 4) is 119 Å². The first-order valence-corrected chi connectivity index (χ1v) is 15.9. The van der Waals surface area contributed by atoms with Crippen LogP contribution in [0.3, 0.4) is 0 Å². The Bertz CT molecular complexity index is 2100. The highest BCUT2D eigenvalue weighted by Crippen LogP contribution is 2.50. The van der Waals surface area contributed by atoms with Crippen molar-refractivity contribution >= 4 is 8.60 Å². The van der Waals surface area contributed by atoms with Gasteiger partial charge in [-0.05, 0) is 91.9 Å². The van der Waals surface area contributed by atoms with Crippen molar-refractivity contribution in [2.45, 2.75) is 85.0 Å². The zero-order valence-corrected chi connectivity index (χ0v) is 29.2. The van der Waals surface area contributed by atoms with Crippen LogP contribution >= 0.6 is 8.60 Å². The minimum absolute atomic E-state index is 0.0167. The van der Waals surface area contributed by atoms with Gasteiger partial charge in [0.25, 0.3) is 0 Å². The average molecular weight is 631 g/mol. The zero-order valence-electron chi connectivity index (χ0n) is 28.3. The predicted octanol–water partition coefficient (Wildman–Crippen LogP) is 7.80. The third-order valence-corrected chi connectivity index (χ3v) is 7.52. The van der Waals surface area contributed by atoms with Gasteiger partial charge in [0.05, 0.1) is 0 Å². The van der Waals surface area contributed by atoms with E-state index in [1.54, 1.807) is 0 Å². The summed E-state index contributed by atoms with van der Waals surface area (Å²) >= 11 is 0. The van der Waals surface area contributed by atoms with Gasteiger partial charge in [0, 0.05) is 59.3 Å². The predicted molar refractivity (Wildman–Crippen MR) is 192 cm³/mol. The van der Waals surface area contributed by atoms with Crippen molar-refractivity contribution in [3.63, 3.8) is 0 Å². The van der Waals surface area contributed by atoms with Crippen molar-refractivity contribution in [1.82, 2.24) is 0 Å². The van der Waals surface area contributed by atoms with Crippen LogP contribution in [0.15, 0.2) is 30.3 Å². The van der Waals surface area contributed by atoms with Gasteiger partial charge in [0.15, 0.2) is 0 Å². The van der Waals surface area contributed by atoms with Crippen LogP contribution in [-0.4, -0.2) is 0 Å². The van der Waals surface area contributed by atoms with Crippen molar-refractivity contribution in [2.24, 2.45) is 0 Å². The lowest BCUT2D eigenvalue weighted by Gasteiger charge is -2.31. The lowest BCUT2D eigenvalue weighted by Crippen LogP contribution is -2.20. The lowest BCUT2D eigenvalue weighted by atomic mass is 9.78. The smallest absolute Gasteiger partial charge is 0.408 e. The highest BCUT2D eigenvalue weighted by Gasteiger charge is 2.32. The number of rotatable bonds is 1. The number of hydrogen-bond acceptors (Lipinski definition) is 3. The van der Waals surface area contributed by atoms with Crippen LogP contribution in [0.4, 0.5) is 0 Å². The van der Waals surface area contributed by atoms with E-state index < -0.39 is 8.60 Å². The monoisotopic (exact) mass is 630 g/mol. The molecule has 3 nitrogen and oxygen atoms in total. The molecule has 1 unspecified atom stereocenters. The molecule has 2 aromatic rings. The van der Waals surface area contributed by atoms with E-state index in [0.717, 1.165) is 22.4 Å². The summed E-state index contributed by atoms with van der Waals surface area (Å²) in [7, 11) is -1.92. The molecule has 0 fully saturated rings. The SMILES string of the molecule is C#CC#CC#CC#CC#CC#CC#CC#CC#COP1Oc2ccc(C(C)(C)C)cc2Cc2cc(C(C)(C)C)cc(C(C)(C)C)c2O1. The van der Waals surface area contributed by atoms with Crippen LogP contribution in [0.25, 0.3) is 0 Å². The van der Waals surface area contributed by atoms with Gasteiger partial charge in [-0.25, -0.2) is 0 Å². The molecule has 1 heterocycles. The summed E-state index contributed by atoms with van der Waals surface area (Å²) in [5.74, 6) is 41.8. The molecule has 0 saturated carbocycles. The average Bonchev–Trinajstić information content (AvgIpc) is 2.97. The molecule has 1 aliphatic rings. The second-order valence-corrected chi connectivity index (χ2v) is 14.4. The van der Waals surface area contributed by atoms with Crippen LogP contribution in [0.2, 0.25) is 0 Å². The summed E-state index contributed by atoms with van der Waals surface area (Å²) < 4.78 is 18.7. The van der Waals surface area contributed by atoms with E-state index in [9.17, 15) is 0 Å². The summed E-state index contributed by atoms with van der Waals surface area (Å²) in [4.78, 5) is 0. The summed E-state index contributed by atoms with van der Waals surface area (Å²) in [5.41, 5.74) is 5.49. The number of terminal acetylenes is 1. The van der Waals surface area contributed by atoms with E-state index in [1.807, 2.05) is 6.07 Å². The normalized spacial score (nSPS) is 12.3. The fraction of sp³-hybridized carbons (Fsp3) is 0.302. The summed E-state index contributed by atoms with van der Waals surface area (Å²) in [5, 5.41) is 0. The lowest BCUT2D eigenvalue weighted by molar-refractivity contribution is 0.360. The summed E-state index contributed by atoms with van der Waals surface area (Å²) in [6.45, 7) is 19.9. The van der Waals surface area contributed by atoms with Gasteiger partial charge < -0.3 is 13.6 Å². The van der Waals surface area contributed by atoms with Crippen LogP contribution in [0.5, 0.6) is 11.5 Å². The Hall–Kier alpha value is -5.69. The quantitative estimate of drug-likeness (QED) is 0.238. The standard InChI is InChI=1S/C43H35O3P/c1-11-12-13-14-15-16-17-18-19-20-21-22-23-24-25-26-29-44-47-45-39-28-27-36(41(2,3)4)31-34(39)30-35-32-37(42(5,6)7)33-38(40(35)46-47)43(8,9)10/h1,27-28,31-33H,30H2,2-10H3. The molecular formula is C43H35O3P. The van der Waals surface area contributed by atoms with E-state index >= 15 is 0 Å². The number of hydrogen-bond donors (Lipinski definition) is 0. The van der Waals surface area contributed by atoms with Gasteiger partial charge in [-0.1, -0.05) is 86.6 Å². The topological polar surface area (TPSA) is 27.7 Å². The van der Waals surface area contributed by atoms with Gasteiger partial charge in [0.1, 0.15) is 17.6 Å². The summed E-state index contributed by atoms with van der Waals surface area (Å²) in [6, 6.07) is 10.8. The second-order valence-electron chi connectivity index (χ2n) is 13.4. The van der Waals surface area contributed by atoms with E-state index in [4.69, 9.17) is 20.0 Å². The first-order valence-electron chi connectivity index (χ1n) is 14.8. The molecule has 0 saturated heterocycles. The van der Waals surface area contributed by atoms with E-state index in [0.29, 0.717) is 12.2 Å². The molecule has 2 aromatic carbocycles. The Morgan fingerprint density at radius 2 is 1.06 bits per heavy atom. The third kappa shape index (κ3) is 11.3. The fourth-order valence-electron chi connectivity index (χ4n) is 4.14.